The third kappa shape index (κ3) is 3.23. The van der Waals surface area contributed by atoms with E-state index in [1.54, 1.807) is 6.33 Å². The number of carbonyl (C=O) groups excluding carboxylic acids is 1. The van der Waals surface area contributed by atoms with Crippen LogP contribution in [-0.2, 0) is 30.6 Å². The van der Waals surface area contributed by atoms with Gasteiger partial charge in [-0.25, -0.2) is 9.97 Å². The number of anilines is 2. The van der Waals surface area contributed by atoms with Gasteiger partial charge in [0.1, 0.15) is 17.8 Å². The Morgan fingerprint density at radius 2 is 1.91 bits per heavy atom. The van der Waals surface area contributed by atoms with Crippen LogP contribution in [0.2, 0.25) is 0 Å². The van der Waals surface area contributed by atoms with E-state index in [2.05, 4.69) is 44.5 Å². The molecule has 0 spiro atoms. The smallest absolute Gasteiger partial charge is 0.223 e. The van der Waals surface area contributed by atoms with Crippen molar-refractivity contribution in [2.45, 2.75) is 32.2 Å². The molecule has 6 nitrogen and oxygen atoms in total. The van der Waals surface area contributed by atoms with Crippen molar-refractivity contribution in [1.82, 2.24) is 20.3 Å². The van der Waals surface area contributed by atoms with Crippen molar-refractivity contribution in [2.75, 3.05) is 11.4 Å². The number of nitrogens with one attached hydrogen (secondary N) is 2. The number of fused-ring (bicyclic) bond motifs is 4. The van der Waals surface area contributed by atoms with E-state index in [1.165, 1.54) is 22.5 Å². The highest BCUT2D eigenvalue weighted by atomic mass is 16.1. The summed E-state index contributed by atoms with van der Waals surface area (Å²) in [6, 6.07) is 18.6. The van der Waals surface area contributed by atoms with Crippen LogP contribution in [0.25, 0.3) is 11.0 Å². The summed E-state index contributed by atoms with van der Waals surface area (Å²) in [4.78, 5) is 28.0. The lowest BCUT2D eigenvalue weighted by Crippen LogP contribution is -2.33. The van der Waals surface area contributed by atoms with E-state index < -0.39 is 0 Å². The number of H-pyrrole nitrogens is 1. The fourth-order valence-corrected chi connectivity index (χ4v) is 5.14. The van der Waals surface area contributed by atoms with Crippen molar-refractivity contribution < 1.29 is 4.79 Å². The van der Waals surface area contributed by atoms with E-state index in [1.807, 2.05) is 30.3 Å². The van der Waals surface area contributed by atoms with E-state index in [9.17, 15) is 4.79 Å². The number of carbonyl (C=O) groups is 1. The Labute approximate surface area is 186 Å². The summed E-state index contributed by atoms with van der Waals surface area (Å²) in [7, 11) is 0. The first-order valence-electron chi connectivity index (χ1n) is 11.3. The molecule has 2 N–H and O–H groups in total. The first-order valence-corrected chi connectivity index (χ1v) is 11.3. The summed E-state index contributed by atoms with van der Waals surface area (Å²) in [5.41, 5.74) is 6.95. The maximum atomic E-state index is 13.0. The van der Waals surface area contributed by atoms with Crippen molar-refractivity contribution in [2.24, 2.45) is 5.92 Å². The third-order valence-corrected chi connectivity index (χ3v) is 6.78. The zero-order valence-corrected chi connectivity index (χ0v) is 17.8. The van der Waals surface area contributed by atoms with Crippen LogP contribution in [0.5, 0.6) is 0 Å². The summed E-state index contributed by atoms with van der Waals surface area (Å²) in [6.07, 6.45) is 5.07. The number of hydrogen-bond donors (Lipinski definition) is 2. The highest BCUT2D eigenvalue weighted by molar-refractivity contribution is 5.95. The molecule has 0 saturated heterocycles. The molecule has 1 atom stereocenters. The van der Waals surface area contributed by atoms with Crippen LogP contribution in [0, 0.1) is 5.92 Å². The van der Waals surface area contributed by atoms with Crippen LogP contribution in [0.4, 0.5) is 11.5 Å². The van der Waals surface area contributed by atoms with Crippen LogP contribution in [0.15, 0.2) is 60.9 Å². The summed E-state index contributed by atoms with van der Waals surface area (Å²) in [5.74, 6) is 1.03. The molecule has 160 valence electrons. The molecule has 0 unspecified atom stereocenters. The minimum atomic E-state index is -0.0378. The molecule has 4 aromatic rings. The monoisotopic (exact) mass is 423 g/mol. The van der Waals surface area contributed by atoms with Gasteiger partial charge in [0.25, 0.3) is 0 Å². The molecule has 6 rings (SSSR count). The van der Waals surface area contributed by atoms with Crippen LogP contribution in [0.1, 0.15) is 28.8 Å². The van der Waals surface area contributed by atoms with Crippen LogP contribution in [-0.4, -0.2) is 27.4 Å². The average Bonchev–Trinajstić information content (AvgIpc) is 3.44. The van der Waals surface area contributed by atoms with E-state index >= 15 is 0 Å². The van der Waals surface area contributed by atoms with E-state index in [4.69, 9.17) is 4.98 Å². The number of aromatic amines is 1. The zero-order valence-electron chi connectivity index (χ0n) is 17.8. The average molecular weight is 424 g/mol. The number of aryl methyl sites for hydroxylation is 1. The number of aromatic nitrogens is 3. The highest BCUT2D eigenvalue weighted by Gasteiger charge is 2.31. The number of benzene rings is 2. The normalized spacial score (nSPS) is 17.2. The van der Waals surface area contributed by atoms with Crippen LogP contribution in [0.3, 0.4) is 0 Å². The number of rotatable bonds is 4. The van der Waals surface area contributed by atoms with Gasteiger partial charge in [-0.3, -0.25) is 4.79 Å². The van der Waals surface area contributed by atoms with Gasteiger partial charge >= 0.3 is 0 Å². The quantitative estimate of drug-likeness (QED) is 0.519. The van der Waals surface area contributed by atoms with Crippen LogP contribution >= 0.6 is 0 Å². The molecule has 3 heterocycles. The van der Waals surface area contributed by atoms with Gasteiger partial charge in [-0.05, 0) is 48.4 Å². The maximum absolute atomic E-state index is 13.0. The first-order chi connectivity index (χ1) is 15.8. The Morgan fingerprint density at radius 1 is 1.06 bits per heavy atom. The lowest BCUT2D eigenvalue weighted by atomic mass is 9.86. The van der Waals surface area contributed by atoms with E-state index in [0.717, 1.165) is 48.2 Å². The molecule has 32 heavy (non-hydrogen) atoms. The van der Waals surface area contributed by atoms with Gasteiger partial charge < -0.3 is 15.2 Å². The molecule has 2 aromatic carbocycles. The van der Waals surface area contributed by atoms with Crippen molar-refractivity contribution in [1.29, 1.82) is 0 Å². The number of para-hydroxylation sites is 1. The van der Waals surface area contributed by atoms with Gasteiger partial charge in [-0.15, -0.1) is 0 Å². The summed E-state index contributed by atoms with van der Waals surface area (Å²) < 4.78 is 0. The van der Waals surface area contributed by atoms with Crippen LogP contribution < -0.4 is 10.2 Å². The summed E-state index contributed by atoms with van der Waals surface area (Å²) in [6.45, 7) is 1.47. The summed E-state index contributed by atoms with van der Waals surface area (Å²) in [5, 5.41) is 4.20. The molecule has 2 aromatic heterocycles. The maximum Gasteiger partial charge on any atom is 0.223 e. The van der Waals surface area contributed by atoms with Crippen molar-refractivity contribution in [3.63, 3.8) is 0 Å². The molecule has 1 aliphatic heterocycles. The zero-order chi connectivity index (χ0) is 21.5. The largest absolute Gasteiger partial charge is 0.352 e. The van der Waals surface area contributed by atoms with Gasteiger partial charge in [0.2, 0.25) is 5.91 Å². The SMILES string of the molecule is O=C(NCc1ccccc1)[C@H]1CCc2[nH]c3ncnc(N4CCc5ccccc54)c3c2C1. The molecule has 1 amide bonds. The standard InChI is InChI=1S/C26H25N5O/c32-26(27-15-17-6-2-1-3-7-17)19-10-11-21-20(14-19)23-24(30-21)28-16-29-25(23)31-13-12-18-8-4-5-9-22(18)31/h1-9,16,19H,10-15H2,(H,27,32)(H,28,29,30)/t19-/m0/s1. The fraction of sp³-hybridized carbons (Fsp3) is 0.269. The number of nitrogens with zero attached hydrogens (tertiary/aromatic N) is 3. The molecule has 0 bridgehead atoms. The Morgan fingerprint density at radius 3 is 2.81 bits per heavy atom. The third-order valence-electron chi connectivity index (χ3n) is 6.78. The van der Waals surface area contributed by atoms with Crippen molar-refractivity contribution >= 4 is 28.4 Å². The predicted molar refractivity (Wildman–Crippen MR) is 125 cm³/mol. The van der Waals surface area contributed by atoms with Crippen molar-refractivity contribution in [3.05, 3.63) is 83.3 Å². The van der Waals surface area contributed by atoms with Crippen molar-refractivity contribution in [3.8, 4) is 0 Å². The lowest BCUT2D eigenvalue weighted by molar-refractivity contribution is -0.125. The Balaban J connectivity index is 1.30. The second-order valence-electron chi connectivity index (χ2n) is 8.68. The highest BCUT2D eigenvalue weighted by Crippen LogP contribution is 2.40. The molecule has 2 aliphatic rings. The van der Waals surface area contributed by atoms with E-state index in [0.29, 0.717) is 13.0 Å². The molecule has 0 saturated carbocycles. The summed E-state index contributed by atoms with van der Waals surface area (Å²) >= 11 is 0. The minimum Gasteiger partial charge on any atom is -0.352 e. The second-order valence-corrected chi connectivity index (χ2v) is 8.68. The molecular weight excluding hydrogens is 398 g/mol. The van der Waals surface area contributed by atoms with Gasteiger partial charge in [0.15, 0.2) is 0 Å². The van der Waals surface area contributed by atoms with E-state index in [-0.39, 0.29) is 11.8 Å². The fourth-order valence-electron chi connectivity index (χ4n) is 5.14. The molecule has 0 fully saturated rings. The van der Waals surface area contributed by atoms with Gasteiger partial charge in [0, 0.05) is 30.4 Å². The predicted octanol–water partition coefficient (Wildman–Crippen LogP) is 4.07. The number of hydrogen-bond acceptors (Lipinski definition) is 4. The Bertz CT molecular complexity index is 1300. The molecule has 0 radical (unpaired) electrons. The minimum absolute atomic E-state index is 0.0378. The van der Waals surface area contributed by atoms with Gasteiger partial charge in [0.05, 0.1) is 5.39 Å². The number of amides is 1. The Hall–Kier alpha value is -3.67. The Kier molecular flexibility index (Phi) is 4.63. The second kappa shape index (κ2) is 7.79. The molecule has 1 aliphatic carbocycles. The first kappa shape index (κ1) is 19.0. The van der Waals surface area contributed by atoms with Gasteiger partial charge in [-0.2, -0.15) is 0 Å². The lowest BCUT2D eigenvalue weighted by Gasteiger charge is -2.23. The molecule has 6 heteroatoms. The van der Waals surface area contributed by atoms with Gasteiger partial charge in [-0.1, -0.05) is 48.5 Å². The molecular formula is C26H25N5O. The topological polar surface area (TPSA) is 73.9 Å².